The number of aliphatic hydroxyl groups is 1. The van der Waals surface area contributed by atoms with Crippen LogP contribution in [-0.2, 0) is 11.3 Å². The molecule has 5 rings (SSSR count). The molecule has 41 heavy (non-hydrogen) atoms. The van der Waals surface area contributed by atoms with E-state index >= 15 is 0 Å². The number of fused-ring (bicyclic) bond motifs is 1. The second-order valence-electron chi connectivity index (χ2n) is 10.5. The lowest BCUT2D eigenvalue weighted by Gasteiger charge is -2.29. The number of methoxy groups -OCH3 is 1. The third-order valence-corrected chi connectivity index (χ3v) is 7.94. The van der Waals surface area contributed by atoms with Gasteiger partial charge in [0.1, 0.15) is 10.9 Å². The molecule has 0 radical (unpaired) electrons. The van der Waals surface area contributed by atoms with Crippen LogP contribution in [0, 0.1) is 13.8 Å². The molecule has 216 valence electrons. The van der Waals surface area contributed by atoms with Crippen molar-refractivity contribution in [2.75, 3.05) is 37.4 Å². The first-order chi connectivity index (χ1) is 19.7. The molecule has 0 atom stereocenters. The maximum Gasteiger partial charge on any atom is 0.260 e. The van der Waals surface area contributed by atoms with E-state index in [-0.39, 0.29) is 41.0 Å². The van der Waals surface area contributed by atoms with Crippen LogP contribution in [0.25, 0.3) is 11.6 Å². The number of piperidine rings is 1. The van der Waals surface area contributed by atoms with Gasteiger partial charge in [-0.15, -0.1) is 0 Å². The van der Waals surface area contributed by atoms with Crippen LogP contribution >= 0.6 is 11.6 Å². The molecule has 2 aliphatic rings. The van der Waals surface area contributed by atoms with Crippen LogP contribution < -0.4 is 15.4 Å². The number of rotatable bonds is 9. The number of aromatic nitrogens is 4. The largest absolute Gasteiger partial charge is 0.496 e. The summed E-state index contributed by atoms with van der Waals surface area (Å²) in [7, 11) is 1.60. The summed E-state index contributed by atoms with van der Waals surface area (Å²) in [5, 5.41) is 9.73. The van der Waals surface area contributed by atoms with Crippen molar-refractivity contribution in [3.05, 3.63) is 57.3 Å². The van der Waals surface area contributed by atoms with Gasteiger partial charge >= 0.3 is 0 Å². The number of nitrogens with two attached hydrogens (primary N) is 1. The topological polar surface area (TPSA) is 151 Å². The summed E-state index contributed by atoms with van der Waals surface area (Å²) in [5.41, 5.74) is 9.96. The highest BCUT2D eigenvalue weighted by Gasteiger charge is 2.37. The Hall–Kier alpha value is -3.80. The standard InChI is InChI=1S/C29H34ClN7O4/c1-16-14-32-22(17(2)25(16)41-3)15-37-27-24(26(30)34-29(31)35-27)20(28(37)40)13-18-6-7-21(33-18)23(39)5-4-10-36-11-8-19(38)9-12-36/h6-7,13-14,19,33,38H,4-5,8-12,15H2,1-3H3,(H2,31,34,35)/b20-13-. The van der Waals surface area contributed by atoms with Crippen molar-refractivity contribution in [1.82, 2.24) is 24.8 Å². The minimum atomic E-state index is -0.336. The predicted octanol–water partition coefficient (Wildman–Crippen LogP) is 3.57. The number of hydrogen-bond donors (Lipinski definition) is 3. The van der Waals surface area contributed by atoms with Gasteiger partial charge in [0.15, 0.2) is 11.6 Å². The molecule has 4 N–H and O–H groups in total. The molecule has 0 aromatic carbocycles. The number of aliphatic hydroxyl groups excluding tert-OH is 1. The van der Waals surface area contributed by atoms with E-state index in [0.29, 0.717) is 40.6 Å². The highest BCUT2D eigenvalue weighted by atomic mass is 35.5. The van der Waals surface area contributed by atoms with Gasteiger partial charge in [0.2, 0.25) is 5.95 Å². The zero-order valence-corrected chi connectivity index (χ0v) is 24.2. The van der Waals surface area contributed by atoms with E-state index < -0.39 is 0 Å². The predicted molar refractivity (Wildman–Crippen MR) is 157 cm³/mol. The Kier molecular flexibility index (Phi) is 8.39. The van der Waals surface area contributed by atoms with Crippen LogP contribution in [0.1, 0.15) is 64.2 Å². The molecule has 0 spiro atoms. The molecule has 0 saturated carbocycles. The Balaban J connectivity index is 1.36. The van der Waals surface area contributed by atoms with Gasteiger partial charge in [0.05, 0.1) is 42.3 Å². The fraction of sp³-hybridized carbons (Fsp3) is 0.414. The lowest BCUT2D eigenvalue weighted by molar-refractivity contribution is -0.113. The quantitative estimate of drug-likeness (QED) is 0.196. The molecule has 1 fully saturated rings. The van der Waals surface area contributed by atoms with Crippen molar-refractivity contribution in [3.63, 3.8) is 0 Å². The number of aromatic amines is 1. The Morgan fingerprint density at radius 3 is 2.76 bits per heavy atom. The SMILES string of the molecule is COc1c(C)cnc(CN2C(=O)/C(=C\c3ccc(C(=O)CCCN4CCC(O)CC4)[nH]3)c3c(Cl)nc(N)nc32)c1C. The summed E-state index contributed by atoms with van der Waals surface area (Å²) < 4.78 is 5.53. The van der Waals surface area contributed by atoms with Gasteiger partial charge < -0.3 is 25.5 Å². The molecule has 3 aromatic rings. The summed E-state index contributed by atoms with van der Waals surface area (Å²) in [6.45, 7) is 6.45. The molecule has 1 amide bonds. The number of nitrogens with zero attached hydrogens (tertiary/aromatic N) is 5. The minimum Gasteiger partial charge on any atom is -0.496 e. The number of carbonyl (C=O) groups excluding carboxylic acids is 2. The normalized spacial score (nSPS) is 17.0. The van der Waals surface area contributed by atoms with Crippen molar-refractivity contribution in [2.45, 2.75) is 52.2 Å². The van der Waals surface area contributed by atoms with E-state index in [4.69, 9.17) is 22.1 Å². The summed E-state index contributed by atoms with van der Waals surface area (Å²) >= 11 is 6.49. The summed E-state index contributed by atoms with van der Waals surface area (Å²) in [6.07, 6.45) is 5.83. The van der Waals surface area contributed by atoms with Crippen LogP contribution in [0.4, 0.5) is 11.8 Å². The fourth-order valence-corrected chi connectivity index (χ4v) is 5.70. The molecule has 0 aliphatic carbocycles. The Bertz CT molecular complexity index is 1510. The monoisotopic (exact) mass is 579 g/mol. The van der Waals surface area contributed by atoms with Crippen molar-refractivity contribution in [3.8, 4) is 5.75 Å². The third kappa shape index (κ3) is 5.97. The van der Waals surface area contributed by atoms with Crippen molar-refractivity contribution >= 4 is 46.7 Å². The lowest BCUT2D eigenvalue weighted by atomic mass is 10.1. The number of pyridine rings is 1. The van der Waals surface area contributed by atoms with Crippen LogP contribution in [-0.4, -0.2) is 74.5 Å². The number of carbonyl (C=O) groups is 2. The maximum atomic E-state index is 13.8. The van der Waals surface area contributed by atoms with Gasteiger partial charge in [0.25, 0.3) is 5.91 Å². The van der Waals surface area contributed by atoms with Crippen molar-refractivity contribution in [2.24, 2.45) is 0 Å². The highest BCUT2D eigenvalue weighted by Crippen LogP contribution is 2.41. The molecule has 5 heterocycles. The fourth-order valence-electron chi connectivity index (χ4n) is 5.43. The Labute approximate surface area is 243 Å². The van der Waals surface area contributed by atoms with Gasteiger partial charge in [-0.3, -0.25) is 19.5 Å². The van der Waals surface area contributed by atoms with Crippen LogP contribution in [0.15, 0.2) is 18.3 Å². The van der Waals surface area contributed by atoms with E-state index in [1.54, 1.807) is 31.5 Å². The highest BCUT2D eigenvalue weighted by molar-refractivity contribution is 6.41. The number of hydrogen-bond acceptors (Lipinski definition) is 9. The summed E-state index contributed by atoms with van der Waals surface area (Å²) in [4.78, 5) is 46.4. The molecule has 0 bridgehead atoms. The number of aryl methyl sites for hydroxylation is 1. The smallest absolute Gasteiger partial charge is 0.260 e. The van der Waals surface area contributed by atoms with Gasteiger partial charge in [-0.1, -0.05) is 11.6 Å². The number of Topliss-reactive ketones (excluding diaryl/α,β-unsaturated/α-hetero) is 1. The molecular formula is C29H34ClN7O4. The van der Waals surface area contributed by atoms with Gasteiger partial charge in [-0.25, -0.2) is 4.98 Å². The lowest BCUT2D eigenvalue weighted by Crippen LogP contribution is -2.36. The van der Waals surface area contributed by atoms with Crippen LogP contribution in [0.5, 0.6) is 5.75 Å². The molecule has 11 nitrogen and oxygen atoms in total. The molecule has 12 heteroatoms. The second-order valence-corrected chi connectivity index (χ2v) is 10.9. The number of nitrogens with one attached hydrogen (secondary N) is 1. The second kappa shape index (κ2) is 12.0. The molecular weight excluding hydrogens is 546 g/mol. The zero-order chi connectivity index (χ0) is 29.3. The van der Waals surface area contributed by atoms with Gasteiger partial charge in [0, 0.05) is 42.5 Å². The number of ether oxygens (including phenoxy) is 1. The first kappa shape index (κ1) is 28.7. The Morgan fingerprint density at radius 2 is 2.02 bits per heavy atom. The number of halogens is 1. The average molecular weight is 580 g/mol. The van der Waals surface area contributed by atoms with E-state index in [1.807, 2.05) is 13.8 Å². The first-order valence-corrected chi connectivity index (χ1v) is 14.0. The summed E-state index contributed by atoms with van der Waals surface area (Å²) in [5.74, 6) is 0.614. The van der Waals surface area contributed by atoms with E-state index in [2.05, 4.69) is 24.8 Å². The molecule has 3 aromatic heterocycles. The molecule has 0 unspecified atom stereocenters. The molecule has 1 saturated heterocycles. The Morgan fingerprint density at radius 1 is 1.27 bits per heavy atom. The van der Waals surface area contributed by atoms with E-state index in [0.717, 1.165) is 50.0 Å². The van der Waals surface area contributed by atoms with E-state index in [9.17, 15) is 14.7 Å². The van der Waals surface area contributed by atoms with Gasteiger partial charge in [-0.2, -0.15) is 4.98 Å². The summed E-state index contributed by atoms with van der Waals surface area (Å²) in [6, 6.07) is 3.47. The number of nitrogen functional groups attached to an aromatic ring is 1. The van der Waals surface area contributed by atoms with Crippen molar-refractivity contribution in [1.29, 1.82) is 0 Å². The number of H-pyrrole nitrogens is 1. The van der Waals surface area contributed by atoms with Crippen LogP contribution in [0.3, 0.4) is 0 Å². The average Bonchev–Trinajstić information content (AvgIpc) is 3.50. The number of ketones is 1. The maximum absolute atomic E-state index is 13.8. The number of anilines is 2. The van der Waals surface area contributed by atoms with Gasteiger partial charge in [-0.05, 0) is 57.9 Å². The first-order valence-electron chi connectivity index (χ1n) is 13.6. The van der Waals surface area contributed by atoms with E-state index in [1.165, 1.54) is 4.90 Å². The third-order valence-electron chi connectivity index (χ3n) is 7.67. The van der Waals surface area contributed by atoms with Crippen molar-refractivity contribution < 1.29 is 19.4 Å². The zero-order valence-electron chi connectivity index (χ0n) is 23.4. The number of likely N-dealkylation sites (tertiary alicyclic amines) is 1. The van der Waals surface area contributed by atoms with Crippen LogP contribution in [0.2, 0.25) is 5.15 Å². The number of amides is 1. The molecule has 2 aliphatic heterocycles. The minimum absolute atomic E-state index is 0.00419.